The number of benzene rings is 1. The lowest BCUT2D eigenvalue weighted by atomic mass is 10.2. The first-order chi connectivity index (χ1) is 6.80. The first-order valence-corrected chi connectivity index (χ1v) is 3.98. The second-order valence-electron chi connectivity index (χ2n) is 2.53. The van der Waals surface area contributed by atoms with Crippen LogP contribution in [-0.2, 0) is 0 Å². The van der Waals surface area contributed by atoms with Gasteiger partial charge >= 0.3 is 0 Å². The maximum atomic E-state index is 8.47. The van der Waals surface area contributed by atoms with Crippen LogP contribution in [0.15, 0.2) is 30.8 Å². The monoisotopic (exact) mass is 184 g/mol. The summed E-state index contributed by atoms with van der Waals surface area (Å²) in [5.74, 6) is 0.503. The highest BCUT2D eigenvalue weighted by Crippen LogP contribution is 2.13. The zero-order valence-electron chi connectivity index (χ0n) is 7.47. The molecular weight excluding hydrogens is 176 g/mol. The van der Waals surface area contributed by atoms with Gasteiger partial charge in [-0.25, -0.2) is 0 Å². The summed E-state index contributed by atoms with van der Waals surface area (Å²) >= 11 is 0. The average Bonchev–Trinajstić information content (AvgIpc) is 2.26. The third-order valence-corrected chi connectivity index (χ3v) is 1.60. The van der Waals surface area contributed by atoms with E-state index < -0.39 is 6.10 Å². The second kappa shape index (κ2) is 4.69. The molecule has 0 unspecified atom stereocenters. The van der Waals surface area contributed by atoms with Crippen LogP contribution < -0.4 is 4.74 Å². The molecule has 0 saturated carbocycles. The first kappa shape index (κ1) is 9.83. The van der Waals surface area contributed by atoms with E-state index in [9.17, 15) is 0 Å². The molecule has 14 heavy (non-hydrogen) atoms. The normalized spacial score (nSPS) is 8.79. The lowest BCUT2D eigenvalue weighted by molar-refractivity contribution is 0.309. The highest BCUT2D eigenvalue weighted by molar-refractivity contribution is 5.48. The fourth-order valence-electron chi connectivity index (χ4n) is 0.900. The van der Waals surface area contributed by atoms with Crippen LogP contribution in [0.2, 0.25) is 0 Å². The van der Waals surface area contributed by atoms with Gasteiger partial charge < -0.3 is 4.74 Å². The minimum atomic E-state index is -1.05. The molecule has 0 aliphatic carbocycles. The number of rotatable bonds is 3. The van der Waals surface area contributed by atoms with Crippen molar-refractivity contribution in [3.63, 3.8) is 0 Å². The van der Waals surface area contributed by atoms with Crippen LogP contribution in [0.3, 0.4) is 0 Å². The number of nitrogens with zero attached hydrogens (tertiary/aromatic N) is 2. The summed E-state index contributed by atoms with van der Waals surface area (Å²) in [6, 6.07) is 10.4. The van der Waals surface area contributed by atoms with Crippen molar-refractivity contribution in [1.82, 2.24) is 0 Å². The van der Waals surface area contributed by atoms with E-state index in [2.05, 4.69) is 6.58 Å². The Morgan fingerprint density at radius 1 is 1.21 bits per heavy atom. The summed E-state index contributed by atoms with van der Waals surface area (Å²) in [7, 11) is 0. The molecule has 3 heteroatoms. The molecule has 0 heterocycles. The van der Waals surface area contributed by atoms with E-state index in [1.807, 2.05) is 0 Å². The molecule has 0 atom stereocenters. The lowest BCUT2D eigenvalue weighted by Gasteiger charge is -2.04. The maximum absolute atomic E-state index is 8.47. The Hall–Kier alpha value is -2.26. The highest BCUT2D eigenvalue weighted by Gasteiger charge is 2.05. The van der Waals surface area contributed by atoms with Gasteiger partial charge in [-0.1, -0.05) is 24.8 Å². The zero-order chi connectivity index (χ0) is 10.4. The molecule has 1 rings (SSSR count). The summed E-state index contributed by atoms with van der Waals surface area (Å²) in [6.07, 6.45) is 0.653. The molecule has 0 radical (unpaired) electrons. The summed E-state index contributed by atoms with van der Waals surface area (Å²) in [5.41, 5.74) is 0.961. The molecule has 0 fully saturated rings. The quantitative estimate of drug-likeness (QED) is 0.722. The van der Waals surface area contributed by atoms with Crippen molar-refractivity contribution in [3.05, 3.63) is 36.4 Å². The van der Waals surface area contributed by atoms with Crippen LogP contribution in [0.5, 0.6) is 5.75 Å². The second-order valence-corrected chi connectivity index (χ2v) is 2.53. The molecule has 0 aliphatic rings. The Bertz CT molecular complexity index is 381. The largest absolute Gasteiger partial charge is 0.462 e. The summed E-state index contributed by atoms with van der Waals surface area (Å²) in [4.78, 5) is 0. The van der Waals surface area contributed by atoms with E-state index in [-0.39, 0.29) is 0 Å². The molecule has 0 bridgehead atoms. The molecule has 0 N–H and O–H groups in total. The van der Waals surface area contributed by atoms with Crippen LogP contribution in [0.1, 0.15) is 5.56 Å². The van der Waals surface area contributed by atoms with Gasteiger partial charge in [-0.15, -0.1) is 0 Å². The molecular formula is C11H8N2O. The number of hydrogen-bond donors (Lipinski definition) is 0. The van der Waals surface area contributed by atoms with Gasteiger partial charge in [0, 0.05) is 0 Å². The highest BCUT2D eigenvalue weighted by atomic mass is 16.5. The fourth-order valence-corrected chi connectivity index (χ4v) is 0.900. The SMILES string of the molecule is C=Cc1ccc(OC(C#N)C#N)cc1. The van der Waals surface area contributed by atoms with Gasteiger partial charge in [0.1, 0.15) is 17.9 Å². The van der Waals surface area contributed by atoms with Crippen LogP contribution >= 0.6 is 0 Å². The van der Waals surface area contributed by atoms with Crippen molar-refractivity contribution in [2.24, 2.45) is 0 Å². The van der Waals surface area contributed by atoms with Gasteiger partial charge in [-0.2, -0.15) is 10.5 Å². The van der Waals surface area contributed by atoms with Crippen molar-refractivity contribution in [1.29, 1.82) is 10.5 Å². The Balaban J connectivity index is 2.75. The van der Waals surface area contributed by atoms with Gasteiger partial charge in [-0.05, 0) is 17.7 Å². The standard InChI is InChI=1S/C11H8N2O/c1-2-9-3-5-10(6-4-9)14-11(7-12)8-13/h2-6,11H,1H2. The van der Waals surface area contributed by atoms with Crippen molar-refractivity contribution >= 4 is 6.08 Å². The summed E-state index contributed by atoms with van der Waals surface area (Å²) in [6.45, 7) is 3.61. The third kappa shape index (κ3) is 2.36. The van der Waals surface area contributed by atoms with Crippen LogP contribution in [0.4, 0.5) is 0 Å². The fraction of sp³-hybridized carbons (Fsp3) is 0.0909. The Morgan fingerprint density at radius 2 is 1.79 bits per heavy atom. The van der Waals surface area contributed by atoms with E-state index in [4.69, 9.17) is 15.3 Å². The molecule has 0 spiro atoms. The number of ether oxygens (including phenoxy) is 1. The van der Waals surface area contributed by atoms with Crippen molar-refractivity contribution in [2.75, 3.05) is 0 Å². The molecule has 68 valence electrons. The Kier molecular flexibility index (Phi) is 3.29. The molecule has 0 aliphatic heterocycles. The summed E-state index contributed by atoms with van der Waals surface area (Å²) in [5, 5.41) is 16.9. The maximum Gasteiger partial charge on any atom is 0.269 e. The van der Waals surface area contributed by atoms with Crippen molar-refractivity contribution in [2.45, 2.75) is 6.10 Å². The van der Waals surface area contributed by atoms with Gasteiger partial charge in [0.05, 0.1) is 0 Å². The number of hydrogen-bond acceptors (Lipinski definition) is 3. The van der Waals surface area contributed by atoms with Gasteiger partial charge in [0.25, 0.3) is 6.10 Å². The zero-order valence-corrected chi connectivity index (χ0v) is 7.47. The number of nitriles is 2. The van der Waals surface area contributed by atoms with Gasteiger partial charge in [0.2, 0.25) is 0 Å². The first-order valence-electron chi connectivity index (χ1n) is 3.98. The minimum absolute atomic E-state index is 0.503. The molecule has 0 aromatic heterocycles. The summed E-state index contributed by atoms with van der Waals surface area (Å²) < 4.78 is 5.06. The van der Waals surface area contributed by atoms with Gasteiger partial charge in [0.15, 0.2) is 0 Å². The lowest BCUT2D eigenvalue weighted by Crippen LogP contribution is -2.10. The van der Waals surface area contributed by atoms with E-state index >= 15 is 0 Å². The van der Waals surface area contributed by atoms with Gasteiger partial charge in [-0.3, -0.25) is 0 Å². The van der Waals surface area contributed by atoms with E-state index in [0.717, 1.165) is 5.56 Å². The van der Waals surface area contributed by atoms with Crippen molar-refractivity contribution in [3.8, 4) is 17.9 Å². The smallest absolute Gasteiger partial charge is 0.269 e. The predicted octanol–water partition coefficient (Wildman–Crippen LogP) is 2.12. The minimum Gasteiger partial charge on any atom is -0.462 e. The van der Waals surface area contributed by atoms with Crippen molar-refractivity contribution < 1.29 is 4.74 Å². The predicted molar refractivity (Wildman–Crippen MR) is 52.2 cm³/mol. The molecule has 1 aromatic carbocycles. The Morgan fingerprint density at radius 3 is 2.21 bits per heavy atom. The molecule has 0 amide bonds. The van der Waals surface area contributed by atoms with Crippen LogP contribution in [-0.4, -0.2) is 6.10 Å². The third-order valence-electron chi connectivity index (χ3n) is 1.60. The molecule has 3 nitrogen and oxygen atoms in total. The van der Waals surface area contributed by atoms with E-state index in [1.54, 1.807) is 42.5 Å². The molecule has 1 aromatic rings. The average molecular weight is 184 g/mol. The van der Waals surface area contributed by atoms with Crippen LogP contribution in [0, 0.1) is 22.7 Å². The van der Waals surface area contributed by atoms with Crippen LogP contribution in [0.25, 0.3) is 6.08 Å². The Labute approximate surface area is 82.5 Å². The topological polar surface area (TPSA) is 56.8 Å². The molecule has 0 saturated heterocycles. The van der Waals surface area contributed by atoms with E-state index in [1.165, 1.54) is 0 Å². The van der Waals surface area contributed by atoms with E-state index in [0.29, 0.717) is 5.75 Å².